The van der Waals surface area contributed by atoms with Gasteiger partial charge in [-0.2, -0.15) is 0 Å². The van der Waals surface area contributed by atoms with Gasteiger partial charge in [0.05, 0.1) is 25.9 Å². The molecule has 5 nitrogen and oxygen atoms in total. The van der Waals surface area contributed by atoms with E-state index in [-0.39, 0.29) is 36.2 Å². The summed E-state index contributed by atoms with van der Waals surface area (Å²) in [6.07, 6.45) is 3.85. The summed E-state index contributed by atoms with van der Waals surface area (Å²) < 4.78 is 12.0. The van der Waals surface area contributed by atoms with Gasteiger partial charge in [0.1, 0.15) is 5.75 Å². The molecule has 0 aromatic heterocycles. The normalized spacial score (nSPS) is 30.3. The fourth-order valence-corrected chi connectivity index (χ4v) is 5.39. The second kappa shape index (κ2) is 9.01. The zero-order valence-electron chi connectivity index (χ0n) is 18.6. The van der Waals surface area contributed by atoms with E-state index >= 15 is 0 Å². The Hall–Kier alpha value is -2.37. The lowest BCUT2D eigenvalue weighted by atomic mass is 9.66. The molecule has 1 saturated carbocycles. The summed E-state index contributed by atoms with van der Waals surface area (Å²) in [6.45, 7) is 4.36. The second-order valence-electron chi connectivity index (χ2n) is 9.36. The molecule has 1 aliphatic heterocycles. The Balaban J connectivity index is 1.64. The Kier molecular flexibility index (Phi) is 6.35. The van der Waals surface area contributed by atoms with Crippen LogP contribution in [0, 0.1) is 11.8 Å². The van der Waals surface area contributed by atoms with Crippen LogP contribution in [0.4, 0.5) is 0 Å². The van der Waals surface area contributed by atoms with Crippen LogP contribution in [0.15, 0.2) is 48.5 Å². The summed E-state index contributed by atoms with van der Waals surface area (Å²) in [5.74, 6) is 1.53. The third-order valence-corrected chi connectivity index (χ3v) is 7.10. The van der Waals surface area contributed by atoms with Crippen LogP contribution >= 0.6 is 0 Å². The molecule has 5 atom stereocenters. The standard InChI is InChI=1S/C26H33NO4/c1-17-9-11-21-23(13-17)31-24(19-10-12-22(30-3)20(14-19)16-28)15-26(21,2)27-25(29)18-7-5-4-6-8-18/h4-8,10,12,14,17,21,23-24,28H,9,11,13,15-16H2,1-3H3,(H,27,29)/t17-,21-,23-,24-,26-/m1/s1. The fourth-order valence-electron chi connectivity index (χ4n) is 5.39. The van der Waals surface area contributed by atoms with Gasteiger partial charge in [-0.25, -0.2) is 0 Å². The number of ether oxygens (including phenoxy) is 2. The monoisotopic (exact) mass is 423 g/mol. The van der Waals surface area contributed by atoms with Gasteiger partial charge in [-0.1, -0.05) is 37.6 Å². The molecule has 0 spiro atoms. The zero-order chi connectivity index (χ0) is 22.0. The number of hydrogen-bond acceptors (Lipinski definition) is 4. The van der Waals surface area contributed by atoms with Crippen LogP contribution in [0.5, 0.6) is 5.75 Å². The van der Waals surface area contributed by atoms with Crippen molar-refractivity contribution < 1.29 is 19.4 Å². The molecule has 0 radical (unpaired) electrons. The van der Waals surface area contributed by atoms with Crippen molar-refractivity contribution in [1.29, 1.82) is 0 Å². The van der Waals surface area contributed by atoms with Crippen molar-refractivity contribution in [2.45, 2.75) is 63.9 Å². The van der Waals surface area contributed by atoms with Crippen molar-refractivity contribution in [2.75, 3.05) is 7.11 Å². The average molecular weight is 424 g/mol. The Morgan fingerprint density at radius 3 is 2.71 bits per heavy atom. The third kappa shape index (κ3) is 4.48. The van der Waals surface area contributed by atoms with Crippen molar-refractivity contribution in [2.24, 2.45) is 11.8 Å². The predicted octanol–water partition coefficient (Wildman–Crippen LogP) is 4.64. The van der Waals surface area contributed by atoms with Crippen LogP contribution in [0.1, 0.15) is 67.1 Å². The van der Waals surface area contributed by atoms with Gasteiger partial charge in [-0.3, -0.25) is 4.79 Å². The van der Waals surface area contributed by atoms with Gasteiger partial charge in [0, 0.05) is 29.0 Å². The number of hydrogen-bond donors (Lipinski definition) is 2. The molecule has 2 fully saturated rings. The number of rotatable bonds is 5. The highest BCUT2D eigenvalue weighted by Crippen LogP contribution is 2.48. The van der Waals surface area contributed by atoms with E-state index in [1.807, 2.05) is 48.5 Å². The lowest BCUT2D eigenvalue weighted by Gasteiger charge is -2.52. The number of carbonyl (C=O) groups is 1. The lowest BCUT2D eigenvalue weighted by Crippen LogP contribution is -2.60. The van der Waals surface area contributed by atoms with Crippen molar-refractivity contribution in [3.63, 3.8) is 0 Å². The molecule has 1 aliphatic carbocycles. The van der Waals surface area contributed by atoms with Gasteiger partial charge in [-0.15, -0.1) is 0 Å². The summed E-state index contributed by atoms with van der Waals surface area (Å²) in [4.78, 5) is 13.1. The molecule has 0 unspecified atom stereocenters. The van der Waals surface area contributed by atoms with E-state index in [9.17, 15) is 9.90 Å². The molecule has 2 aromatic carbocycles. The molecular weight excluding hydrogens is 390 g/mol. The third-order valence-electron chi connectivity index (χ3n) is 7.10. The van der Waals surface area contributed by atoms with E-state index in [0.29, 0.717) is 23.7 Å². The van der Waals surface area contributed by atoms with Gasteiger partial charge >= 0.3 is 0 Å². The van der Waals surface area contributed by atoms with Crippen LogP contribution in [0.3, 0.4) is 0 Å². The number of fused-ring (bicyclic) bond motifs is 1. The molecule has 2 aromatic rings. The molecule has 166 valence electrons. The highest BCUT2D eigenvalue weighted by Gasteiger charge is 2.49. The predicted molar refractivity (Wildman–Crippen MR) is 120 cm³/mol. The minimum absolute atomic E-state index is 0.0353. The highest BCUT2D eigenvalue weighted by molar-refractivity contribution is 5.94. The maximum Gasteiger partial charge on any atom is 0.251 e. The summed E-state index contributed by atoms with van der Waals surface area (Å²) in [6, 6.07) is 15.3. The van der Waals surface area contributed by atoms with E-state index in [2.05, 4.69) is 19.2 Å². The number of aliphatic hydroxyl groups is 1. The Morgan fingerprint density at radius 2 is 2.00 bits per heavy atom. The molecule has 4 rings (SSSR count). The van der Waals surface area contributed by atoms with E-state index in [1.54, 1.807) is 7.11 Å². The minimum Gasteiger partial charge on any atom is -0.496 e. The molecular formula is C26H33NO4. The maximum atomic E-state index is 13.1. The number of aliphatic hydroxyl groups excluding tert-OH is 1. The highest BCUT2D eigenvalue weighted by atomic mass is 16.5. The molecule has 5 heteroatoms. The molecule has 0 bridgehead atoms. The van der Waals surface area contributed by atoms with E-state index in [1.165, 1.54) is 0 Å². The SMILES string of the molecule is COc1ccc([C@H]2C[C@@](C)(NC(=O)c3ccccc3)[C@@H]3CC[C@@H](C)C[C@H]3O2)cc1CO. The maximum absolute atomic E-state index is 13.1. The smallest absolute Gasteiger partial charge is 0.251 e. The topological polar surface area (TPSA) is 67.8 Å². The fraction of sp³-hybridized carbons (Fsp3) is 0.500. The molecule has 1 saturated heterocycles. The number of amides is 1. The van der Waals surface area contributed by atoms with E-state index in [0.717, 1.165) is 30.4 Å². The van der Waals surface area contributed by atoms with Gasteiger partial charge in [-0.05, 0) is 55.5 Å². The first-order valence-corrected chi connectivity index (χ1v) is 11.2. The van der Waals surface area contributed by atoms with Gasteiger partial charge in [0.25, 0.3) is 5.91 Å². The van der Waals surface area contributed by atoms with Crippen LogP contribution in [0.25, 0.3) is 0 Å². The van der Waals surface area contributed by atoms with Crippen LogP contribution in [-0.4, -0.2) is 29.8 Å². The van der Waals surface area contributed by atoms with E-state index in [4.69, 9.17) is 9.47 Å². The number of methoxy groups -OCH3 is 1. The first-order valence-electron chi connectivity index (χ1n) is 11.2. The summed E-state index contributed by atoms with van der Waals surface area (Å²) >= 11 is 0. The lowest BCUT2D eigenvalue weighted by molar-refractivity contribution is -0.144. The number of carbonyl (C=O) groups excluding carboxylic acids is 1. The Morgan fingerprint density at radius 1 is 1.23 bits per heavy atom. The number of nitrogens with one attached hydrogen (secondary N) is 1. The van der Waals surface area contributed by atoms with E-state index < -0.39 is 0 Å². The van der Waals surface area contributed by atoms with Crippen LogP contribution < -0.4 is 10.1 Å². The molecule has 31 heavy (non-hydrogen) atoms. The summed E-state index contributed by atoms with van der Waals surface area (Å²) in [7, 11) is 1.61. The first-order chi connectivity index (χ1) is 14.9. The largest absolute Gasteiger partial charge is 0.496 e. The first kappa shape index (κ1) is 21.8. The van der Waals surface area contributed by atoms with Gasteiger partial charge in [0.2, 0.25) is 0 Å². The summed E-state index contributed by atoms with van der Waals surface area (Å²) in [5, 5.41) is 13.1. The zero-order valence-corrected chi connectivity index (χ0v) is 18.6. The molecule has 1 heterocycles. The van der Waals surface area contributed by atoms with Crippen molar-refractivity contribution >= 4 is 5.91 Å². The molecule has 2 aliphatic rings. The van der Waals surface area contributed by atoms with Crippen LogP contribution in [0.2, 0.25) is 0 Å². The summed E-state index contributed by atoms with van der Waals surface area (Å²) in [5.41, 5.74) is 2.07. The minimum atomic E-state index is -0.375. The average Bonchev–Trinajstić information content (AvgIpc) is 2.78. The number of benzene rings is 2. The van der Waals surface area contributed by atoms with Gasteiger partial charge in [0.15, 0.2) is 0 Å². The molecule has 2 N–H and O–H groups in total. The quantitative estimate of drug-likeness (QED) is 0.735. The Bertz CT molecular complexity index is 915. The van der Waals surface area contributed by atoms with Crippen molar-refractivity contribution in [1.82, 2.24) is 5.32 Å². The Labute approximate surface area is 184 Å². The van der Waals surface area contributed by atoms with Crippen LogP contribution in [-0.2, 0) is 11.3 Å². The van der Waals surface area contributed by atoms with Crippen molar-refractivity contribution in [3.8, 4) is 5.75 Å². The molecule has 1 amide bonds. The second-order valence-corrected chi connectivity index (χ2v) is 9.36. The van der Waals surface area contributed by atoms with Gasteiger partial charge < -0.3 is 19.9 Å². The van der Waals surface area contributed by atoms with Crippen molar-refractivity contribution in [3.05, 3.63) is 65.2 Å².